The topological polar surface area (TPSA) is 106 Å². The second-order valence-electron chi connectivity index (χ2n) is 5.12. The monoisotopic (exact) mass is 338 g/mol. The van der Waals surface area contributed by atoms with E-state index in [-0.39, 0.29) is 11.3 Å². The molecular weight excluding hydrogens is 324 g/mol. The van der Waals surface area contributed by atoms with Crippen molar-refractivity contribution in [1.29, 1.82) is 0 Å². The first-order chi connectivity index (χ1) is 12.1. The smallest absolute Gasteiger partial charge is 0.290 e. The number of rotatable bonds is 3. The Bertz CT molecular complexity index is 1020. The predicted octanol–water partition coefficient (Wildman–Crippen LogP) is 1.00. The summed E-state index contributed by atoms with van der Waals surface area (Å²) in [4.78, 5) is 36.1. The SMILES string of the molecule is Cn1nc(C(=O)NNC(=O)C=Cc2ccco2)c2ccccc2c1=O. The van der Waals surface area contributed by atoms with Crippen molar-refractivity contribution in [1.82, 2.24) is 20.6 Å². The molecule has 0 fully saturated rings. The van der Waals surface area contributed by atoms with Gasteiger partial charge >= 0.3 is 0 Å². The van der Waals surface area contributed by atoms with E-state index in [2.05, 4.69) is 16.0 Å². The lowest BCUT2D eigenvalue weighted by Gasteiger charge is -2.08. The minimum Gasteiger partial charge on any atom is -0.465 e. The minimum absolute atomic E-state index is 0.0352. The van der Waals surface area contributed by atoms with E-state index >= 15 is 0 Å². The molecule has 2 N–H and O–H groups in total. The number of aryl methyl sites for hydroxylation is 1. The van der Waals surface area contributed by atoms with Gasteiger partial charge in [0.2, 0.25) is 0 Å². The maximum absolute atomic E-state index is 12.3. The summed E-state index contributed by atoms with van der Waals surface area (Å²) in [5.74, 6) is -0.669. The summed E-state index contributed by atoms with van der Waals surface area (Å²) in [5.41, 5.74) is 4.24. The third kappa shape index (κ3) is 3.47. The van der Waals surface area contributed by atoms with Crippen LogP contribution in [0.3, 0.4) is 0 Å². The summed E-state index contributed by atoms with van der Waals surface area (Å²) >= 11 is 0. The highest BCUT2D eigenvalue weighted by Crippen LogP contribution is 2.12. The molecule has 0 aliphatic carbocycles. The predicted molar refractivity (Wildman–Crippen MR) is 90.3 cm³/mol. The van der Waals surface area contributed by atoms with E-state index in [4.69, 9.17) is 4.42 Å². The van der Waals surface area contributed by atoms with Gasteiger partial charge in [0.05, 0.1) is 11.6 Å². The van der Waals surface area contributed by atoms with E-state index in [9.17, 15) is 14.4 Å². The van der Waals surface area contributed by atoms with E-state index in [1.54, 1.807) is 36.4 Å². The Morgan fingerprint density at radius 3 is 2.60 bits per heavy atom. The van der Waals surface area contributed by atoms with Gasteiger partial charge in [0, 0.05) is 18.5 Å². The number of aromatic nitrogens is 2. The molecule has 0 saturated carbocycles. The third-order valence-corrected chi connectivity index (χ3v) is 3.41. The molecule has 0 bridgehead atoms. The molecule has 8 nitrogen and oxygen atoms in total. The van der Waals surface area contributed by atoms with Crippen LogP contribution in [0, 0.1) is 0 Å². The Morgan fingerprint density at radius 1 is 1.12 bits per heavy atom. The molecule has 3 aromatic rings. The van der Waals surface area contributed by atoms with Crippen molar-refractivity contribution in [3.8, 4) is 0 Å². The molecule has 0 unspecified atom stereocenters. The molecule has 2 aromatic heterocycles. The lowest BCUT2D eigenvalue weighted by atomic mass is 10.1. The number of carbonyl (C=O) groups is 2. The number of carbonyl (C=O) groups excluding carboxylic acids is 2. The van der Waals surface area contributed by atoms with Crippen LogP contribution in [0.15, 0.2) is 57.9 Å². The lowest BCUT2D eigenvalue weighted by Crippen LogP contribution is -2.42. The van der Waals surface area contributed by atoms with Crippen molar-refractivity contribution < 1.29 is 14.0 Å². The van der Waals surface area contributed by atoms with Gasteiger partial charge in [-0.3, -0.25) is 25.2 Å². The Labute approximate surface area is 141 Å². The maximum Gasteiger partial charge on any atom is 0.290 e. The zero-order chi connectivity index (χ0) is 17.8. The number of benzene rings is 1. The summed E-state index contributed by atoms with van der Waals surface area (Å²) in [5, 5.41) is 4.75. The van der Waals surface area contributed by atoms with Crippen LogP contribution >= 0.6 is 0 Å². The van der Waals surface area contributed by atoms with Crippen molar-refractivity contribution >= 4 is 28.7 Å². The van der Waals surface area contributed by atoms with Crippen molar-refractivity contribution in [3.05, 3.63) is 70.5 Å². The Morgan fingerprint density at radius 2 is 1.88 bits per heavy atom. The second-order valence-corrected chi connectivity index (χ2v) is 5.12. The fourth-order valence-corrected chi connectivity index (χ4v) is 2.23. The number of fused-ring (bicyclic) bond motifs is 1. The standard InChI is InChI=1S/C17H14N4O4/c1-21-17(24)13-7-3-2-6-12(13)15(20-21)16(23)19-18-14(22)9-8-11-5-4-10-25-11/h2-10H,1H3,(H,18,22)(H,19,23). The zero-order valence-corrected chi connectivity index (χ0v) is 13.2. The van der Waals surface area contributed by atoms with Crippen LogP contribution in [0.5, 0.6) is 0 Å². The molecule has 0 saturated heterocycles. The Hall–Kier alpha value is -3.68. The minimum atomic E-state index is -0.633. The Kier molecular flexibility index (Phi) is 4.42. The molecule has 126 valence electrons. The molecule has 1 aromatic carbocycles. The molecule has 0 aliphatic heterocycles. The van der Waals surface area contributed by atoms with Crippen LogP contribution in [-0.4, -0.2) is 21.6 Å². The van der Waals surface area contributed by atoms with Gasteiger partial charge in [-0.25, -0.2) is 4.68 Å². The molecule has 2 heterocycles. The highest BCUT2D eigenvalue weighted by Gasteiger charge is 2.15. The molecule has 3 rings (SSSR count). The number of nitrogens with zero attached hydrogens (tertiary/aromatic N) is 2. The van der Waals surface area contributed by atoms with Crippen LogP contribution in [0.2, 0.25) is 0 Å². The van der Waals surface area contributed by atoms with Crippen LogP contribution in [0.4, 0.5) is 0 Å². The van der Waals surface area contributed by atoms with Gasteiger partial charge in [-0.1, -0.05) is 18.2 Å². The summed E-state index contributed by atoms with van der Waals surface area (Å²) in [6.07, 6.45) is 4.16. The number of hydrogen-bond acceptors (Lipinski definition) is 5. The normalized spacial score (nSPS) is 10.9. The van der Waals surface area contributed by atoms with Gasteiger partial charge < -0.3 is 4.42 Å². The van der Waals surface area contributed by atoms with Gasteiger partial charge in [-0.2, -0.15) is 5.10 Å². The number of hydrogen-bond donors (Lipinski definition) is 2. The first-order valence-corrected chi connectivity index (χ1v) is 7.34. The number of hydrazine groups is 1. The van der Waals surface area contributed by atoms with Gasteiger partial charge in [0.1, 0.15) is 5.76 Å². The molecule has 0 aliphatic rings. The van der Waals surface area contributed by atoms with E-state index < -0.39 is 11.8 Å². The first-order valence-electron chi connectivity index (χ1n) is 7.34. The van der Waals surface area contributed by atoms with E-state index in [0.717, 1.165) is 4.68 Å². The van der Waals surface area contributed by atoms with Crippen LogP contribution in [0.25, 0.3) is 16.8 Å². The molecule has 2 amide bonds. The van der Waals surface area contributed by atoms with E-state index in [1.165, 1.54) is 25.5 Å². The summed E-state index contributed by atoms with van der Waals surface area (Å²) < 4.78 is 6.13. The van der Waals surface area contributed by atoms with Crippen molar-refractivity contribution in [2.45, 2.75) is 0 Å². The second kappa shape index (κ2) is 6.83. The van der Waals surface area contributed by atoms with Crippen LogP contribution in [0.1, 0.15) is 16.2 Å². The average Bonchev–Trinajstić information content (AvgIpc) is 3.14. The van der Waals surface area contributed by atoms with Crippen molar-refractivity contribution in [2.24, 2.45) is 7.05 Å². The summed E-state index contributed by atoms with van der Waals surface area (Å²) in [6, 6.07) is 10.0. The fraction of sp³-hybridized carbons (Fsp3) is 0.0588. The summed E-state index contributed by atoms with van der Waals surface area (Å²) in [6.45, 7) is 0. The quantitative estimate of drug-likeness (QED) is 0.547. The molecule has 0 atom stereocenters. The Balaban J connectivity index is 1.76. The molecule has 8 heteroatoms. The zero-order valence-electron chi connectivity index (χ0n) is 13.2. The molecule has 0 radical (unpaired) electrons. The van der Waals surface area contributed by atoms with Gasteiger partial charge in [-0.05, 0) is 24.3 Å². The first kappa shape index (κ1) is 16.2. The third-order valence-electron chi connectivity index (χ3n) is 3.41. The van der Waals surface area contributed by atoms with Gasteiger partial charge in [0.15, 0.2) is 5.69 Å². The lowest BCUT2D eigenvalue weighted by molar-refractivity contribution is -0.117. The van der Waals surface area contributed by atoms with E-state index in [0.29, 0.717) is 16.5 Å². The van der Waals surface area contributed by atoms with Crippen LogP contribution in [-0.2, 0) is 11.8 Å². The van der Waals surface area contributed by atoms with Crippen molar-refractivity contribution in [2.75, 3.05) is 0 Å². The average molecular weight is 338 g/mol. The van der Waals surface area contributed by atoms with Crippen LogP contribution < -0.4 is 16.4 Å². The number of amides is 2. The largest absolute Gasteiger partial charge is 0.465 e. The van der Waals surface area contributed by atoms with Crippen molar-refractivity contribution in [3.63, 3.8) is 0 Å². The molecule has 0 spiro atoms. The number of nitrogens with one attached hydrogen (secondary N) is 2. The highest BCUT2D eigenvalue weighted by atomic mass is 16.3. The maximum atomic E-state index is 12.3. The number of furan rings is 1. The van der Waals surface area contributed by atoms with Gasteiger partial charge in [0.25, 0.3) is 17.4 Å². The van der Waals surface area contributed by atoms with Gasteiger partial charge in [-0.15, -0.1) is 0 Å². The molecular formula is C17H14N4O4. The fourth-order valence-electron chi connectivity index (χ4n) is 2.23. The van der Waals surface area contributed by atoms with E-state index in [1.807, 2.05) is 0 Å². The molecule has 25 heavy (non-hydrogen) atoms. The summed E-state index contributed by atoms with van der Waals surface area (Å²) in [7, 11) is 1.45. The highest BCUT2D eigenvalue weighted by molar-refractivity contribution is 6.05.